The fourth-order valence-corrected chi connectivity index (χ4v) is 4.24. The van der Waals surface area contributed by atoms with Crippen LogP contribution in [0, 0.1) is 0 Å². The molecule has 0 spiro atoms. The van der Waals surface area contributed by atoms with Crippen LogP contribution in [-0.4, -0.2) is 46.7 Å². The lowest BCUT2D eigenvalue weighted by molar-refractivity contribution is -0.133. The second kappa shape index (κ2) is 7.75. The van der Waals surface area contributed by atoms with Gasteiger partial charge in [0, 0.05) is 35.8 Å². The number of fused-ring (bicyclic) bond motifs is 2. The molecule has 1 atom stereocenters. The van der Waals surface area contributed by atoms with Crippen molar-refractivity contribution >= 4 is 39.9 Å². The molecule has 0 bridgehead atoms. The molecule has 3 heterocycles. The van der Waals surface area contributed by atoms with E-state index in [4.69, 9.17) is 0 Å². The molecule has 2 aliphatic rings. The van der Waals surface area contributed by atoms with Crippen LogP contribution in [0.5, 0.6) is 0 Å². The molecule has 5 rings (SSSR count). The Morgan fingerprint density at radius 3 is 2.68 bits per heavy atom. The van der Waals surface area contributed by atoms with Crippen molar-refractivity contribution in [1.82, 2.24) is 15.2 Å². The van der Waals surface area contributed by atoms with E-state index in [0.717, 1.165) is 17.5 Å². The highest BCUT2D eigenvalue weighted by molar-refractivity contribution is 6.10. The van der Waals surface area contributed by atoms with Crippen molar-refractivity contribution in [2.45, 2.75) is 18.9 Å². The number of aromatic amines is 1. The number of anilines is 1. The molecular weight excluding hydrogens is 392 g/mol. The fraction of sp³-hybridized carbons (Fsp3) is 0.208. The molecule has 0 saturated carbocycles. The molecule has 2 aliphatic heterocycles. The molecule has 7 heteroatoms. The summed E-state index contributed by atoms with van der Waals surface area (Å²) in [5, 5.41) is 6.61. The zero-order valence-corrected chi connectivity index (χ0v) is 16.9. The third-order valence-electron chi connectivity index (χ3n) is 5.93. The summed E-state index contributed by atoms with van der Waals surface area (Å²) in [6, 6.07) is 14.1. The molecule has 0 aliphatic carbocycles. The summed E-state index contributed by atoms with van der Waals surface area (Å²) < 4.78 is 0. The van der Waals surface area contributed by atoms with Gasteiger partial charge in [0.25, 0.3) is 5.91 Å². The van der Waals surface area contributed by atoms with Gasteiger partial charge in [0.2, 0.25) is 11.8 Å². The monoisotopic (exact) mass is 414 g/mol. The molecule has 2 aromatic carbocycles. The van der Waals surface area contributed by atoms with Gasteiger partial charge in [-0.1, -0.05) is 36.4 Å². The lowest BCUT2D eigenvalue weighted by Crippen LogP contribution is -2.46. The van der Waals surface area contributed by atoms with Gasteiger partial charge in [-0.05, 0) is 30.2 Å². The number of nitrogens with one attached hydrogen (secondary N) is 3. The third-order valence-corrected chi connectivity index (χ3v) is 5.93. The number of H-pyrrole nitrogens is 1. The Morgan fingerprint density at radius 2 is 1.84 bits per heavy atom. The number of benzene rings is 2. The zero-order valence-electron chi connectivity index (χ0n) is 16.9. The van der Waals surface area contributed by atoms with Gasteiger partial charge in [-0.25, -0.2) is 0 Å². The predicted octanol–water partition coefficient (Wildman–Crippen LogP) is 2.92. The number of amides is 3. The van der Waals surface area contributed by atoms with Crippen LogP contribution in [0.1, 0.15) is 28.8 Å². The van der Waals surface area contributed by atoms with Crippen LogP contribution in [0.3, 0.4) is 0 Å². The van der Waals surface area contributed by atoms with Gasteiger partial charge in [-0.3, -0.25) is 14.4 Å². The number of nitrogens with zero attached hydrogens (tertiary/aromatic N) is 1. The van der Waals surface area contributed by atoms with Gasteiger partial charge in [-0.15, -0.1) is 0 Å². The van der Waals surface area contributed by atoms with Crippen LogP contribution in [0.25, 0.3) is 16.5 Å². The topological polar surface area (TPSA) is 94.3 Å². The standard InChI is InChI=1S/C24H22N4O3/c29-22(13-21-24(31)26-20-8-4-2-6-17(20)23(30)27-21)28-11-9-15(10-12-28)18-14-25-19-7-3-1-5-16(18)19/h1-9,14,21,25H,10-13H2,(H,26,31)(H,27,30)/t21-/m0/s1. The van der Waals surface area contributed by atoms with E-state index in [1.807, 2.05) is 24.4 Å². The number of rotatable bonds is 3. The first kappa shape index (κ1) is 19.1. The number of hydrogen-bond donors (Lipinski definition) is 3. The summed E-state index contributed by atoms with van der Waals surface area (Å²) in [6.07, 6.45) is 4.75. The summed E-state index contributed by atoms with van der Waals surface area (Å²) in [5.74, 6) is -0.883. The van der Waals surface area contributed by atoms with Crippen LogP contribution >= 0.6 is 0 Å². The molecule has 156 valence electrons. The van der Waals surface area contributed by atoms with Crippen molar-refractivity contribution in [3.63, 3.8) is 0 Å². The van der Waals surface area contributed by atoms with Gasteiger partial charge in [-0.2, -0.15) is 0 Å². The molecule has 0 fully saturated rings. The molecule has 3 N–H and O–H groups in total. The Hall–Kier alpha value is -3.87. The predicted molar refractivity (Wildman–Crippen MR) is 118 cm³/mol. The number of carbonyl (C=O) groups is 3. The first-order valence-corrected chi connectivity index (χ1v) is 10.3. The highest BCUT2D eigenvalue weighted by atomic mass is 16.2. The van der Waals surface area contributed by atoms with Crippen molar-refractivity contribution in [2.75, 3.05) is 18.4 Å². The first-order valence-electron chi connectivity index (χ1n) is 10.3. The number of para-hydroxylation sites is 2. The SMILES string of the molecule is O=C1N[C@@H](CC(=O)N2CC=C(c3c[nH]c4ccccc34)CC2)C(=O)Nc2ccccc21. The third kappa shape index (κ3) is 3.59. The minimum Gasteiger partial charge on any atom is -0.361 e. The summed E-state index contributed by atoms with van der Waals surface area (Å²) in [4.78, 5) is 42.9. The normalized spacial score (nSPS) is 18.6. The number of hydrogen-bond acceptors (Lipinski definition) is 3. The zero-order chi connectivity index (χ0) is 21.4. The van der Waals surface area contributed by atoms with Crippen LogP contribution in [0.4, 0.5) is 5.69 Å². The summed E-state index contributed by atoms with van der Waals surface area (Å²) in [6.45, 7) is 1.06. The maximum absolute atomic E-state index is 12.9. The highest BCUT2D eigenvalue weighted by Gasteiger charge is 2.31. The average molecular weight is 414 g/mol. The van der Waals surface area contributed by atoms with Crippen LogP contribution in [0.2, 0.25) is 0 Å². The van der Waals surface area contributed by atoms with Gasteiger partial charge in [0.1, 0.15) is 6.04 Å². The summed E-state index contributed by atoms with van der Waals surface area (Å²) >= 11 is 0. The Morgan fingerprint density at radius 1 is 1.03 bits per heavy atom. The summed E-state index contributed by atoms with van der Waals surface area (Å²) in [5.41, 5.74) is 4.32. The number of carbonyl (C=O) groups excluding carboxylic acids is 3. The fourth-order valence-electron chi connectivity index (χ4n) is 4.24. The molecule has 7 nitrogen and oxygen atoms in total. The molecule has 3 amide bonds. The molecule has 0 unspecified atom stereocenters. The van der Waals surface area contributed by atoms with E-state index in [1.165, 1.54) is 11.0 Å². The van der Waals surface area contributed by atoms with Gasteiger partial charge in [0.05, 0.1) is 17.7 Å². The molecule has 1 aromatic heterocycles. The van der Waals surface area contributed by atoms with E-state index in [0.29, 0.717) is 24.3 Å². The second-order valence-corrected chi connectivity index (χ2v) is 7.83. The van der Waals surface area contributed by atoms with Crippen LogP contribution < -0.4 is 10.6 Å². The highest BCUT2D eigenvalue weighted by Crippen LogP contribution is 2.29. The first-order chi connectivity index (χ1) is 15.1. The quantitative estimate of drug-likeness (QED) is 0.615. The largest absolute Gasteiger partial charge is 0.361 e. The molecule has 0 radical (unpaired) electrons. The van der Waals surface area contributed by atoms with E-state index in [2.05, 4.69) is 27.8 Å². The maximum Gasteiger partial charge on any atom is 0.254 e. The van der Waals surface area contributed by atoms with Crippen LogP contribution in [-0.2, 0) is 9.59 Å². The average Bonchev–Trinajstić information content (AvgIpc) is 3.18. The van der Waals surface area contributed by atoms with Gasteiger partial charge >= 0.3 is 0 Å². The minimum absolute atomic E-state index is 0.0676. The maximum atomic E-state index is 12.9. The molecule has 0 saturated heterocycles. The van der Waals surface area contributed by atoms with E-state index >= 15 is 0 Å². The Bertz CT molecular complexity index is 1230. The van der Waals surface area contributed by atoms with E-state index in [9.17, 15) is 14.4 Å². The van der Waals surface area contributed by atoms with Crippen LogP contribution in [0.15, 0.2) is 60.8 Å². The smallest absolute Gasteiger partial charge is 0.254 e. The van der Waals surface area contributed by atoms with Crippen molar-refractivity contribution in [3.8, 4) is 0 Å². The Labute approximate surface area is 179 Å². The van der Waals surface area contributed by atoms with E-state index in [1.54, 1.807) is 29.2 Å². The molecular formula is C24H22N4O3. The number of aromatic nitrogens is 1. The van der Waals surface area contributed by atoms with E-state index in [-0.39, 0.29) is 24.1 Å². The summed E-state index contributed by atoms with van der Waals surface area (Å²) in [7, 11) is 0. The van der Waals surface area contributed by atoms with Crippen molar-refractivity contribution in [3.05, 3.63) is 71.9 Å². The lowest BCUT2D eigenvalue weighted by Gasteiger charge is -2.28. The lowest BCUT2D eigenvalue weighted by atomic mass is 9.98. The molecule has 31 heavy (non-hydrogen) atoms. The Balaban J connectivity index is 1.27. The minimum atomic E-state index is -0.897. The van der Waals surface area contributed by atoms with Gasteiger partial charge < -0.3 is 20.5 Å². The van der Waals surface area contributed by atoms with Crippen molar-refractivity contribution < 1.29 is 14.4 Å². The molecule has 3 aromatic rings. The Kier molecular flexibility index (Phi) is 4.78. The van der Waals surface area contributed by atoms with Crippen molar-refractivity contribution in [1.29, 1.82) is 0 Å². The second-order valence-electron chi connectivity index (χ2n) is 7.83. The van der Waals surface area contributed by atoms with Gasteiger partial charge in [0.15, 0.2) is 0 Å². The van der Waals surface area contributed by atoms with Crippen molar-refractivity contribution in [2.24, 2.45) is 0 Å². The van der Waals surface area contributed by atoms with E-state index < -0.39 is 6.04 Å².